The number of nitrogens with zero attached hydrogens (tertiary/aromatic N) is 1. The third-order valence-electron chi connectivity index (χ3n) is 2.42. The van der Waals surface area contributed by atoms with Crippen molar-refractivity contribution in [2.24, 2.45) is 0 Å². The van der Waals surface area contributed by atoms with Crippen LogP contribution in [0.3, 0.4) is 0 Å². The van der Waals surface area contributed by atoms with E-state index in [4.69, 9.17) is 4.74 Å². The molecule has 0 saturated heterocycles. The summed E-state index contributed by atoms with van der Waals surface area (Å²) in [6.45, 7) is 0. The Morgan fingerprint density at radius 2 is 2.05 bits per heavy atom. The van der Waals surface area contributed by atoms with Gasteiger partial charge in [0.05, 0.1) is 4.92 Å². The number of alkyl halides is 1. The number of halogens is 2. The first-order valence-corrected chi connectivity index (χ1v) is 6.49. The van der Waals surface area contributed by atoms with Crippen molar-refractivity contribution in [3.8, 4) is 11.5 Å². The molecule has 0 heterocycles. The summed E-state index contributed by atoms with van der Waals surface area (Å²) in [5.74, 6) is 0.393. The normalized spacial score (nSPS) is 10.2. The summed E-state index contributed by atoms with van der Waals surface area (Å²) in [5.41, 5.74) is 0.611. The molecule has 0 saturated carbocycles. The molecule has 2 aromatic carbocycles. The fourth-order valence-corrected chi connectivity index (χ4v) is 1.98. The Labute approximate surface area is 117 Å². The summed E-state index contributed by atoms with van der Waals surface area (Å²) >= 11 is 3.24. The van der Waals surface area contributed by atoms with Gasteiger partial charge in [0.15, 0.2) is 0 Å². The Morgan fingerprint density at radius 3 is 2.68 bits per heavy atom. The molecule has 0 atom stereocenters. The molecule has 2 rings (SSSR count). The second-order valence-corrected chi connectivity index (χ2v) is 4.30. The van der Waals surface area contributed by atoms with Gasteiger partial charge in [-0.15, -0.1) is 0 Å². The Morgan fingerprint density at radius 1 is 1.26 bits per heavy atom. The van der Waals surface area contributed by atoms with E-state index in [1.807, 2.05) is 0 Å². The summed E-state index contributed by atoms with van der Waals surface area (Å²) in [4.78, 5) is 10.2. The lowest BCUT2D eigenvalue weighted by Gasteiger charge is -2.09. The highest BCUT2D eigenvalue weighted by molar-refractivity contribution is 9.08. The standard InChI is InChI=1S/C13H9BrFNO3/c14-8-9-6-11(16(17)18)4-5-13(9)19-12-3-1-2-10(15)7-12/h1-7H,8H2. The molecule has 0 aliphatic heterocycles. The molecule has 0 unspecified atom stereocenters. The molecular weight excluding hydrogens is 317 g/mol. The Kier molecular flexibility index (Phi) is 4.11. The average Bonchev–Trinajstić information content (AvgIpc) is 2.39. The third kappa shape index (κ3) is 3.29. The van der Waals surface area contributed by atoms with Crippen molar-refractivity contribution < 1.29 is 14.1 Å². The number of non-ortho nitro benzene ring substituents is 1. The number of hydrogen-bond acceptors (Lipinski definition) is 3. The highest BCUT2D eigenvalue weighted by atomic mass is 79.9. The third-order valence-corrected chi connectivity index (χ3v) is 3.03. The zero-order valence-electron chi connectivity index (χ0n) is 9.68. The maximum atomic E-state index is 13.0. The van der Waals surface area contributed by atoms with E-state index < -0.39 is 10.7 Å². The quantitative estimate of drug-likeness (QED) is 0.475. The minimum absolute atomic E-state index is 0.0129. The van der Waals surface area contributed by atoms with Crippen LogP contribution in [-0.4, -0.2) is 4.92 Å². The molecule has 0 bridgehead atoms. The molecule has 0 fully saturated rings. The maximum absolute atomic E-state index is 13.0. The van der Waals surface area contributed by atoms with E-state index in [9.17, 15) is 14.5 Å². The Bertz CT molecular complexity index is 619. The molecule has 4 nitrogen and oxygen atoms in total. The molecule has 6 heteroatoms. The number of nitro benzene ring substituents is 1. The molecule has 0 spiro atoms. The second kappa shape index (κ2) is 5.79. The summed E-state index contributed by atoms with van der Waals surface area (Å²) in [6, 6.07) is 9.98. The predicted molar refractivity (Wildman–Crippen MR) is 72.2 cm³/mol. The minimum atomic E-state index is -0.474. The van der Waals surface area contributed by atoms with Gasteiger partial charge in [-0.2, -0.15) is 0 Å². The summed E-state index contributed by atoms with van der Waals surface area (Å²) in [6.07, 6.45) is 0. The van der Waals surface area contributed by atoms with Crippen LogP contribution in [0.4, 0.5) is 10.1 Å². The van der Waals surface area contributed by atoms with Crippen LogP contribution in [0.25, 0.3) is 0 Å². The summed E-state index contributed by atoms with van der Waals surface area (Å²) < 4.78 is 18.6. The smallest absolute Gasteiger partial charge is 0.270 e. The SMILES string of the molecule is O=[N+]([O-])c1ccc(Oc2cccc(F)c2)c(CBr)c1. The van der Waals surface area contributed by atoms with Gasteiger partial charge in [-0.3, -0.25) is 10.1 Å². The largest absolute Gasteiger partial charge is 0.457 e. The molecule has 0 N–H and O–H groups in total. The van der Waals surface area contributed by atoms with Crippen LogP contribution in [0.15, 0.2) is 42.5 Å². The number of nitro groups is 1. The molecule has 0 aromatic heterocycles. The van der Waals surface area contributed by atoms with E-state index in [-0.39, 0.29) is 5.69 Å². The molecule has 0 aliphatic carbocycles. The fourth-order valence-electron chi connectivity index (χ4n) is 1.54. The van der Waals surface area contributed by atoms with Gasteiger partial charge in [-0.1, -0.05) is 22.0 Å². The van der Waals surface area contributed by atoms with Crippen LogP contribution in [0, 0.1) is 15.9 Å². The van der Waals surface area contributed by atoms with E-state index in [1.54, 1.807) is 6.07 Å². The van der Waals surface area contributed by atoms with Gasteiger partial charge in [0.2, 0.25) is 0 Å². The van der Waals surface area contributed by atoms with Crippen molar-refractivity contribution in [3.63, 3.8) is 0 Å². The molecular formula is C13H9BrFNO3. The van der Waals surface area contributed by atoms with Gasteiger partial charge >= 0.3 is 0 Å². The van der Waals surface area contributed by atoms with Crippen molar-refractivity contribution in [1.82, 2.24) is 0 Å². The van der Waals surface area contributed by atoms with Gasteiger partial charge in [0.1, 0.15) is 17.3 Å². The van der Waals surface area contributed by atoms with Crippen molar-refractivity contribution in [3.05, 3.63) is 64.0 Å². The van der Waals surface area contributed by atoms with Gasteiger partial charge in [-0.05, 0) is 18.2 Å². The lowest BCUT2D eigenvalue weighted by atomic mass is 10.2. The minimum Gasteiger partial charge on any atom is -0.457 e. The Hall–Kier alpha value is -1.95. The van der Waals surface area contributed by atoms with Crippen molar-refractivity contribution >= 4 is 21.6 Å². The van der Waals surface area contributed by atoms with Crippen LogP contribution in [0.2, 0.25) is 0 Å². The maximum Gasteiger partial charge on any atom is 0.270 e. The monoisotopic (exact) mass is 325 g/mol. The lowest BCUT2D eigenvalue weighted by Crippen LogP contribution is -1.93. The van der Waals surface area contributed by atoms with Crippen molar-refractivity contribution in [2.75, 3.05) is 0 Å². The van der Waals surface area contributed by atoms with Gasteiger partial charge in [0.25, 0.3) is 5.69 Å². The highest BCUT2D eigenvalue weighted by Crippen LogP contribution is 2.30. The average molecular weight is 326 g/mol. The fraction of sp³-hybridized carbons (Fsp3) is 0.0769. The van der Waals surface area contributed by atoms with Crippen LogP contribution in [0.1, 0.15) is 5.56 Å². The molecule has 19 heavy (non-hydrogen) atoms. The first-order valence-electron chi connectivity index (χ1n) is 5.37. The van der Waals surface area contributed by atoms with Crippen LogP contribution in [0.5, 0.6) is 11.5 Å². The van der Waals surface area contributed by atoms with E-state index in [0.29, 0.717) is 22.4 Å². The van der Waals surface area contributed by atoms with E-state index >= 15 is 0 Å². The topological polar surface area (TPSA) is 52.4 Å². The second-order valence-electron chi connectivity index (χ2n) is 3.74. The van der Waals surface area contributed by atoms with Gasteiger partial charge in [0, 0.05) is 29.1 Å². The first kappa shape index (κ1) is 13.5. The zero-order chi connectivity index (χ0) is 13.8. The molecule has 0 radical (unpaired) electrons. The molecule has 2 aromatic rings. The van der Waals surface area contributed by atoms with Crippen molar-refractivity contribution in [2.45, 2.75) is 5.33 Å². The van der Waals surface area contributed by atoms with E-state index in [2.05, 4.69) is 15.9 Å². The van der Waals surface area contributed by atoms with E-state index in [0.717, 1.165) is 0 Å². The molecule has 98 valence electrons. The number of benzene rings is 2. The van der Waals surface area contributed by atoms with Gasteiger partial charge < -0.3 is 4.74 Å². The summed E-state index contributed by atoms with van der Waals surface area (Å²) in [5, 5.41) is 11.1. The van der Waals surface area contributed by atoms with Crippen LogP contribution >= 0.6 is 15.9 Å². The highest BCUT2D eigenvalue weighted by Gasteiger charge is 2.11. The number of ether oxygens (including phenoxy) is 1. The first-order chi connectivity index (χ1) is 9.10. The van der Waals surface area contributed by atoms with Gasteiger partial charge in [-0.25, -0.2) is 4.39 Å². The molecule has 0 amide bonds. The predicted octanol–water partition coefficient (Wildman–Crippen LogP) is 4.42. The van der Waals surface area contributed by atoms with Crippen LogP contribution < -0.4 is 4.74 Å². The van der Waals surface area contributed by atoms with E-state index in [1.165, 1.54) is 36.4 Å². The number of rotatable bonds is 4. The van der Waals surface area contributed by atoms with Crippen LogP contribution in [-0.2, 0) is 5.33 Å². The zero-order valence-corrected chi connectivity index (χ0v) is 11.3. The number of hydrogen-bond donors (Lipinski definition) is 0. The summed E-state index contributed by atoms with van der Waals surface area (Å²) in [7, 11) is 0. The van der Waals surface area contributed by atoms with Crippen molar-refractivity contribution in [1.29, 1.82) is 0 Å². The Balaban J connectivity index is 2.32. The lowest BCUT2D eigenvalue weighted by molar-refractivity contribution is -0.384. The molecule has 0 aliphatic rings.